The van der Waals surface area contributed by atoms with Crippen LogP contribution in [0, 0.1) is 12.7 Å². The van der Waals surface area contributed by atoms with E-state index in [0.717, 1.165) is 48.0 Å². The summed E-state index contributed by atoms with van der Waals surface area (Å²) in [4.78, 5) is 18.5. The summed E-state index contributed by atoms with van der Waals surface area (Å²) >= 11 is 1.61. The van der Waals surface area contributed by atoms with Gasteiger partial charge in [-0.2, -0.15) is 0 Å². The van der Waals surface area contributed by atoms with Crippen LogP contribution in [0.2, 0.25) is 0 Å². The molecule has 2 aliphatic heterocycles. The zero-order valence-electron chi connectivity index (χ0n) is 17.4. The Morgan fingerprint density at radius 1 is 1.23 bits per heavy atom. The number of rotatable bonds is 5. The Balaban J connectivity index is 1.30. The fourth-order valence-corrected chi connectivity index (χ4v) is 5.08. The highest BCUT2D eigenvalue weighted by Crippen LogP contribution is 2.29. The average molecular weight is 441 g/mol. The van der Waals surface area contributed by atoms with Gasteiger partial charge < -0.3 is 9.88 Å². The van der Waals surface area contributed by atoms with E-state index in [4.69, 9.17) is 0 Å². The molecule has 0 saturated carbocycles. The zero-order valence-corrected chi connectivity index (χ0v) is 18.2. The average Bonchev–Trinajstić information content (AvgIpc) is 3.44. The van der Waals surface area contributed by atoms with Crippen LogP contribution in [0.25, 0.3) is 0 Å². The molecule has 1 atom stereocenters. The molecule has 162 valence electrons. The highest BCUT2D eigenvalue weighted by Gasteiger charge is 2.36. The Bertz CT molecular complexity index is 1080. The van der Waals surface area contributed by atoms with Gasteiger partial charge in [0, 0.05) is 49.7 Å². The Hall–Kier alpha value is -2.62. The minimum atomic E-state index is -0.199. The van der Waals surface area contributed by atoms with Crippen molar-refractivity contribution in [2.24, 2.45) is 0 Å². The third-order valence-corrected chi connectivity index (χ3v) is 6.94. The van der Waals surface area contributed by atoms with Crippen LogP contribution < -0.4 is 5.32 Å². The van der Waals surface area contributed by atoms with Crippen LogP contribution in [0.15, 0.2) is 35.7 Å². The fraction of sp³-hybridized carbons (Fsp3) is 0.409. The first-order chi connectivity index (χ1) is 15.1. The Morgan fingerprint density at radius 3 is 2.94 bits per heavy atom. The predicted molar refractivity (Wildman–Crippen MR) is 116 cm³/mol. The van der Waals surface area contributed by atoms with Gasteiger partial charge in [-0.1, -0.05) is 23.8 Å². The number of amides is 1. The Labute approximate surface area is 184 Å². The summed E-state index contributed by atoms with van der Waals surface area (Å²) in [6.45, 7) is 7.11. The number of carbonyl (C=O) groups excluding carboxylic acids is 1. The van der Waals surface area contributed by atoms with Crippen LogP contribution in [-0.4, -0.2) is 56.7 Å². The van der Waals surface area contributed by atoms with Crippen LogP contribution >= 0.6 is 11.3 Å². The molecule has 0 bridgehead atoms. The molecule has 1 unspecified atom stereocenters. The number of thiophene rings is 1. The molecule has 7 nitrogen and oxygen atoms in total. The van der Waals surface area contributed by atoms with E-state index in [9.17, 15) is 9.18 Å². The van der Waals surface area contributed by atoms with Gasteiger partial charge in [-0.05, 0) is 24.4 Å². The summed E-state index contributed by atoms with van der Waals surface area (Å²) < 4.78 is 16.2. The highest BCUT2D eigenvalue weighted by molar-refractivity contribution is 7.09. The topological polar surface area (TPSA) is 66.3 Å². The summed E-state index contributed by atoms with van der Waals surface area (Å²) in [7, 11) is 0. The molecule has 3 aromatic rings. The summed E-state index contributed by atoms with van der Waals surface area (Å²) in [5.74, 6) is 0.828. The number of fused-ring (bicyclic) bond motifs is 3. The van der Waals surface area contributed by atoms with E-state index >= 15 is 0 Å². The second kappa shape index (κ2) is 8.49. The minimum absolute atomic E-state index is 0.0571. The maximum atomic E-state index is 14.3. The summed E-state index contributed by atoms with van der Waals surface area (Å²) in [6.07, 6.45) is 0. The number of hydrogen-bond donors (Lipinski definition) is 1. The normalized spacial score (nSPS) is 19.1. The molecule has 1 amide bonds. The van der Waals surface area contributed by atoms with Gasteiger partial charge in [-0.15, -0.1) is 21.5 Å². The molecule has 9 heteroatoms. The van der Waals surface area contributed by atoms with Crippen LogP contribution in [-0.2, 0) is 19.6 Å². The molecular formula is C22H25FN6OS. The van der Waals surface area contributed by atoms with Gasteiger partial charge in [0.25, 0.3) is 5.91 Å². The largest absolute Gasteiger partial charge is 0.344 e. The van der Waals surface area contributed by atoms with E-state index in [1.54, 1.807) is 23.5 Å². The third kappa shape index (κ3) is 4.13. The van der Waals surface area contributed by atoms with E-state index in [-0.39, 0.29) is 17.8 Å². The number of carbonyl (C=O) groups is 1. The van der Waals surface area contributed by atoms with Crippen molar-refractivity contribution >= 4 is 17.2 Å². The van der Waals surface area contributed by atoms with Gasteiger partial charge in [-0.3, -0.25) is 14.6 Å². The molecule has 1 saturated heterocycles. The van der Waals surface area contributed by atoms with Gasteiger partial charge >= 0.3 is 0 Å². The zero-order chi connectivity index (χ0) is 21.4. The first-order valence-electron chi connectivity index (χ1n) is 10.5. The molecule has 0 radical (unpaired) electrons. The maximum absolute atomic E-state index is 14.3. The second-order valence-electron chi connectivity index (χ2n) is 8.18. The number of piperazine rings is 1. The van der Waals surface area contributed by atoms with Crippen molar-refractivity contribution in [3.05, 3.63) is 69.2 Å². The summed E-state index contributed by atoms with van der Waals surface area (Å²) in [6, 6.07) is 9.28. The van der Waals surface area contributed by atoms with E-state index in [1.165, 1.54) is 0 Å². The lowest BCUT2D eigenvalue weighted by atomic mass is 10.1. The third-order valence-electron chi connectivity index (χ3n) is 6.07. The van der Waals surface area contributed by atoms with Crippen LogP contribution in [0.4, 0.5) is 4.39 Å². The molecule has 31 heavy (non-hydrogen) atoms. The molecule has 1 N–H and O–H groups in total. The minimum Gasteiger partial charge on any atom is -0.344 e. The lowest BCUT2D eigenvalue weighted by molar-refractivity contribution is 0.0453. The number of aryl methyl sites for hydroxylation is 1. The molecule has 1 fully saturated rings. The first kappa shape index (κ1) is 20.3. The van der Waals surface area contributed by atoms with E-state index in [1.807, 2.05) is 35.1 Å². The number of hydrogen-bond acceptors (Lipinski definition) is 6. The predicted octanol–water partition coefficient (Wildman–Crippen LogP) is 2.59. The van der Waals surface area contributed by atoms with Crippen molar-refractivity contribution in [1.29, 1.82) is 0 Å². The first-order valence-corrected chi connectivity index (χ1v) is 11.4. The van der Waals surface area contributed by atoms with Gasteiger partial charge in [0.1, 0.15) is 5.82 Å². The standard InChI is InChI=1S/C22H25FN6OS/c1-15-4-5-18(23)16(11-15)13-27-6-7-28-8-9-29-20(19(28)14-27)25-26-21(29)22(30)24-12-17-3-2-10-31-17/h2-5,10-11,19H,6-9,12-14H2,1H3,(H,24,30). The van der Waals surface area contributed by atoms with E-state index in [2.05, 4.69) is 25.3 Å². The lowest BCUT2D eigenvalue weighted by Crippen LogP contribution is -2.52. The van der Waals surface area contributed by atoms with Crippen molar-refractivity contribution in [2.75, 3.05) is 26.2 Å². The Morgan fingerprint density at radius 2 is 2.10 bits per heavy atom. The highest BCUT2D eigenvalue weighted by atomic mass is 32.1. The monoisotopic (exact) mass is 440 g/mol. The molecular weight excluding hydrogens is 415 g/mol. The van der Waals surface area contributed by atoms with Crippen LogP contribution in [0.1, 0.15) is 38.5 Å². The van der Waals surface area contributed by atoms with Gasteiger partial charge in [-0.25, -0.2) is 4.39 Å². The quantitative estimate of drug-likeness (QED) is 0.661. The van der Waals surface area contributed by atoms with Gasteiger partial charge in [0.2, 0.25) is 5.82 Å². The molecule has 0 aliphatic carbocycles. The van der Waals surface area contributed by atoms with Gasteiger partial charge in [0.15, 0.2) is 5.82 Å². The number of aromatic nitrogens is 3. The SMILES string of the molecule is Cc1ccc(F)c(CN2CCN3CCn4c(C(=O)NCc5cccs5)nnc4C3C2)c1. The summed E-state index contributed by atoms with van der Waals surface area (Å²) in [5, 5.41) is 13.6. The number of nitrogens with zero attached hydrogens (tertiary/aromatic N) is 5. The van der Waals surface area contributed by atoms with Crippen molar-refractivity contribution < 1.29 is 9.18 Å². The van der Waals surface area contributed by atoms with E-state index in [0.29, 0.717) is 25.5 Å². The fourth-order valence-electron chi connectivity index (χ4n) is 4.44. The summed E-state index contributed by atoms with van der Waals surface area (Å²) in [5.41, 5.74) is 1.78. The molecule has 0 spiro atoms. The van der Waals surface area contributed by atoms with E-state index < -0.39 is 0 Å². The second-order valence-corrected chi connectivity index (χ2v) is 9.21. The number of halogens is 1. The van der Waals surface area contributed by atoms with Crippen molar-refractivity contribution in [2.45, 2.75) is 32.6 Å². The van der Waals surface area contributed by atoms with Crippen LogP contribution in [0.3, 0.4) is 0 Å². The van der Waals surface area contributed by atoms with Crippen molar-refractivity contribution in [3.63, 3.8) is 0 Å². The number of nitrogens with one attached hydrogen (secondary N) is 1. The molecule has 4 heterocycles. The molecule has 5 rings (SSSR count). The lowest BCUT2D eigenvalue weighted by Gasteiger charge is -2.43. The van der Waals surface area contributed by atoms with Crippen molar-refractivity contribution in [1.82, 2.24) is 29.9 Å². The van der Waals surface area contributed by atoms with Gasteiger partial charge in [0.05, 0.1) is 12.6 Å². The van der Waals surface area contributed by atoms with Crippen LogP contribution in [0.5, 0.6) is 0 Å². The number of benzene rings is 1. The molecule has 2 aromatic heterocycles. The smallest absolute Gasteiger partial charge is 0.289 e. The van der Waals surface area contributed by atoms with Crippen molar-refractivity contribution in [3.8, 4) is 0 Å². The maximum Gasteiger partial charge on any atom is 0.289 e. The molecule has 1 aromatic carbocycles. The Kier molecular flexibility index (Phi) is 5.56. The molecule has 2 aliphatic rings.